The lowest BCUT2D eigenvalue weighted by molar-refractivity contribution is 0.584. The van der Waals surface area contributed by atoms with Crippen LogP contribution in [-0.4, -0.2) is 8.42 Å². The van der Waals surface area contributed by atoms with Crippen molar-refractivity contribution in [3.8, 4) is 0 Å². The van der Waals surface area contributed by atoms with Crippen LogP contribution in [0.2, 0.25) is 0 Å². The summed E-state index contributed by atoms with van der Waals surface area (Å²) in [5, 5.41) is 1.92. The Kier molecular flexibility index (Phi) is 4.60. The molecule has 0 unspecified atom stereocenters. The van der Waals surface area contributed by atoms with Crippen molar-refractivity contribution in [3.05, 3.63) is 37.8 Å². The molecule has 3 nitrogen and oxygen atoms in total. The zero-order valence-corrected chi connectivity index (χ0v) is 13.7. The number of halogens is 1. The second-order valence-electron chi connectivity index (χ2n) is 3.59. The van der Waals surface area contributed by atoms with Crippen molar-refractivity contribution < 1.29 is 8.42 Å². The van der Waals surface area contributed by atoms with E-state index in [1.807, 2.05) is 24.4 Å². The van der Waals surface area contributed by atoms with Gasteiger partial charge in [0.2, 0.25) is 10.0 Å². The van der Waals surface area contributed by atoms with Gasteiger partial charge in [0.25, 0.3) is 0 Å². The highest BCUT2D eigenvalue weighted by molar-refractivity contribution is 9.10. The lowest BCUT2D eigenvalue weighted by Crippen LogP contribution is -2.22. The highest BCUT2D eigenvalue weighted by Gasteiger charge is 2.16. The number of rotatable bonds is 5. The van der Waals surface area contributed by atoms with E-state index in [9.17, 15) is 8.42 Å². The van der Waals surface area contributed by atoms with Gasteiger partial charge in [-0.3, -0.25) is 0 Å². The second-order valence-corrected chi connectivity index (χ2v) is 8.61. The molecular formula is C11H12BrNO2S3. The molecule has 0 aliphatic rings. The Balaban J connectivity index is 2.10. The van der Waals surface area contributed by atoms with Gasteiger partial charge in [0.15, 0.2) is 0 Å². The highest BCUT2D eigenvalue weighted by atomic mass is 79.9. The molecule has 98 valence electrons. The van der Waals surface area contributed by atoms with E-state index in [1.165, 1.54) is 22.7 Å². The first-order chi connectivity index (χ1) is 8.53. The van der Waals surface area contributed by atoms with Gasteiger partial charge < -0.3 is 0 Å². The van der Waals surface area contributed by atoms with Crippen LogP contribution < -0.4 is 4.72 Å². The predicted octanol–water partition coefficient (Wildman–Crippen LogP) is 3.61. The minimum absolute atomic E-state index is 0.319. The molecule has 0 aliphatic carbocycles. The van der Waals surface area contributed by atoms with Gasteiger partial charge in [-0.15, -0.1) is 22.7 Å². The smallest absolute Gasteiger partial charge is 0.206 e. The third-order valence-corrected chi connectivity index (χ3v) is 7.41. The molecule has 1 N–H and O–H groups in total. The molecule has 2 aromatic rings. The summed E-state index contributed by atoms with van der Waals surface area (Å²) in [5.74, 6) is 0. The first kappa shape index (κ1) is 14.2. The third-order valence-electron chi connectivity index (χ3n) is 2.36. The average Bonchev–Trinajstić information content (AvgIpc) is 2.95. The zero-order valence-electron chi connectivity index (χ0n) is 9.64. The van der Waals surface area contributed by atoms with E-state index in [-0.39, 0.29) is 0 Å². The molecule has 2 heterocycles. The fourth-order valence-corrected chi connectivity index (χ4v) is 5.23. The SMILES string of the molecule is CCc1ccc(S(=O)(=O)NCc2sccc2Br)s1. The van der Waals surface area contributed by atoms with Crippen molar-refractivity contribution in [2.45, 2.75) is 24.1 Å². The Labute approximate surface area is 123 Å². The minimum atomic E-state index is -3.39. The van der Waals surface area contributed by atoms with Gasteiger partial charge in [-0.1, -0.05) is 6.92 Å². The normalized spacial score (nSPS) is 11.9. The Morgan fingerprint density at radius 2 is 2.11 bits per heavy atom. The Morgan fingerprint density at radius 1 is 1.33 bits per heavy atom. The lowest BCUT2D eigenvalue weighted by atomic mass is 10.4. The summed E-state index contributed by atoms with van der Waals surface area (Å²) in [6, 6.07) is 5.43. The number of hydrogen-bond acceptors (Lipinski definition) is 4. The maximum absolute atomic E-state index is 12.1. The summed E-state index contributed by atoms with van der Waals surface area (Å²) in [6.07, 6.45) is 0.858. The van der Waals surface area contributed by atoms with Crippen molar-refractivity contribution >= 4 is 48.6 Å². The van der Waals surface area contributed by atoms with Crippen LogP contribution in [-0.2, 0) is 23.0 Å². The maximum Gasteiger partial charge on any atom is 0.250 e. The van der Waals surface area contributed by atoms with Gasteiger partial charge in [-0.25, -0.2) is 13.1 Å². The van der Waals surface area contributed by atoms with E-state index in [1.54, 1.807) is 6.07 Å². The minimum Gasteiger partial charge on any atom is -0.206 e. The van der Waals surface area contributed by atoms with Crippen LogP contribution >= 0.6 is 38.6 Å². The van der Waals surface area contributed by atoms with E-state index in [0.29, 0.717) is 10.8 Å². The summed E-state index contributed by atoms with van der Waals surface area (Å²) < 4.78 is 28.1. The predicted molar refractivity (Wildman–Crippen MR) is 79.7 cm³/mol. The van der Waals surface area contributed by atoms with Crippen LogP contribution in [0.4, 0.5) is 0 Å². The average molecular weight is 366 g/mol. The summed E-state index contributed by atoms with van der Waals surface area (Å²) >= 11 is 6.23. The van der Waals surface area contributed by atoms with Gasteiger partial charge >= 0.3 is 0 Å². The van der Waals surface area contributed by atoms with Gasteiger partial charge in [0.05, 0.1) is 0 Å². The molecule has 0 saturated heterocycles. The van der Waals surface area contributed by atoms with Gasteiger partial charge in [-0.05, 0) is 45.9 Å². The summed E-state index contributed by atoms with van der Waals surface area (Å²) in [6.45, 7) is 2.33. The summed E-state index contributed by atoms with van der Waals surface area (Å²) in [5.41, 5.74) is 0. The molecule has 0 spiro atoms. The van der Waals surface area contributed by atoms with E-state index in [4.69, 9.17) is 0 Å². The van der Waals surface area contributed by atoms with Crippen LogP contribution in [0, 0.1) is 0 Å². The zero-order chi connectivity index (χ0) is 13.2. The molecule has 0 fully saturated rings. The van der Waals surface area contributed by atoms with Gasteiger partial charge in [0, 0.05) is 20.8 Å². The Hall–Kier alpha value is -0.210. The fourth-order valence-electron chi connectivity index (χ4n) is 1.38. The standard InChI is InChI=1S/C11H12BrNO2S3/c1-2-8-3-4-11(17-8)18(14,15)13-7-10-9(12)5-6-16-10/h3-6,13H,2,7H2,1H3. The summed E-state index contributed by atoms with van der Waals surface area (Å²) in [4.78, 5) is 2.05. The molecule has 0 bridgehead atoms. The monoisotopic (exact) mass is 365 g/mol. The second kappa shape index (κ2) is 5.83. The van der Waals surface area contributed by atoms with Gasteiger partial charge in [0.1, 0.15) is 4.21 Å². The van der Waals surface area contributed by atoms with Crippen LogP contribution in [0.5, 0.6) is 0 Å². The fraction of sp³-hybridized carbons (Fsp3) is 0.273. The molecule has 2 rings (SSSR count). The largest absolute Gasteiger partial charge is 0.250 e. The number of aryl methyl sites for hydroxylation is 1. The molecule has 0 amide bonds. The van der Waals surface area contributed by atoms with Gasteiger partial charge in [-0.2, -0.15) is 0 Å². The van der Waals surface area contributed by atoms with Crippen molar-refractivity contribution in [2.75, 3.05) is 0 Å². The molecule has 7 heteroatoms. The number of hydrogen-bond donors (Lipinski definition) is 1. The van der Waals surface area contributed by atoms with Crippen molar-refractivity contribution in [1.29, 1.82) is 0 Å². The highest BCUT2D eigenvalue weighted by Crippen LogP contribution is 2.25. The first-order valence-electron chi connectivity index (χ1n) is 5.33. The van der Waals surface area contributed by atoms with Crippen molar-refractivity contribution in [1.82, 2.24) is 4.72 Å². The van der Waals surface area contributed by atoms with Crippen LogP contribution in [0.1, 0.15) is 16.7 Å². The molecular weight excluding hydrogens is 354 g/mol. The van der Waals surface area contributed by atoms with Crippen LogP contribution in [0.25, 0.3) is 0 Å². The Bertz CT molecular complexity index is 630. The van der Waals surface area contributed by atoms with E-state index in [2.05, 4.69) is 20.7 Å². The topological polar surface area (TPSA) is 46.2 Å². The maximum atomic E-state index is 12.1. The molecule has 0 saturated carbocycles. The van der Waals surface area contributed by atoms with Crippen molar-refractivity contribution in [2.24, 2.45) is 0 Å². The summed E-state index contributed by atoms with van der Waals surface area (Å²) in [7, 11) is -3.39. The third kappa shape index (κ3) is 3.21. The molecule has 0 radical (unpaired) electrons. The first-order valence-corrected chi connectivity index (χ1v) is 9.30. The van der Waals surface area contributed by atoms with E-state index >= 15 is 0 Å². The number of nitrogens with one attached hydrogen (secondary N) is 1. The number of thiophene rings is 2. The molecule has 2 aromatic heterocycles. The Morgan fingerprint density at radius 3 is 2.67 bits per heavy atom. The van der Waals surface area contributed by atoms with E-state index in [0.717, 1.165) is 20.6 Å². The quantitative estimate of drug-likeness (QED) is 0.879. The van der Waals surface area contributed by atoms with E-state index < -0.39 is 10.0 Å². The van der Waals surface area contributed by atoms with Crippen LogP contribution in [0.15, 0.2) is 32.3 Å². The van der Waals surface area contributed by atoms with Crippen LogP contribution in [0.3, 0.4) is 0 Å². The molecule has 18 heavy (non-hydrogen) atoms. The molecule has 0 aliphatic heterocycles. The molecule has 0 atom stereocenters. The lowest BCUT2D eigenvalue weighted by Gasteiger charge is -2.03. The molecule has 0 aromatic carbocycles. The van der Waals surface area contributed by atoms with Crippen molar-refractivity contribution in [3.63, 3.8) is 0 Å². The number of sulfonamides is 1.